The van der Waals surface area contributed by atoms with Gasteiger partial charge >= 0.3 is 0 Å². The molecule has 0 amide bonds. The van der Waals surface area contributed by atoms with Crippen molar-refractivity contribution in [1.29, 1.82) is 0 Å². The predicted molar refractivity (Wildman–Crippen MR) is 113 cm³/mol. The second kappa shape index (κ2) is 11.8. The normalized spacial score (nSPS) is 26.1. The van der Waals surface area contributed by atoms with E-state index < -0.39 is 0 Å². The summed E-state index contributed by atoms with van der Waals surface area (Å²) in [7, 11) is 4.11. The number of unbranched alkanes of at least 4 members (excludes halogenated alkanes) is 1. The Kier molecular flexibility index (Phi) is 9.76. The highest BCUT2D eigenvalue weighted by Crippen LogP contribution is 2.28. The Bertz CT molecular complexity index is 395. The molecule has 5 heteroatoms. The van der Waals surface area contributed by atoms with Crippen molar-refractivity contribution < 1.29 is 0 Å². The fraction of sp³-hybridized carbons (Fsp3) is 0.952. The molecule has 2 rings (SSSR count). The first-order valence-corrected chi connectivity index (χ1v) is 11.0. The molecule has 1 saturated carbocycles. The van der Waals surface area contributed by atoms with E-state index in [0.29, 0.717) is 0 Å². The lowest BCUT2D eigenvalue weighted by Gasteiger charge is -2.34. The quantitative estimate of drug-likeness (QED) is 0.407. The lowest BCUT2D eigenvalue weighted by atomic mass is 9.83. The maximum absolute atomic E-state index is 4.49. The van der Waals surface area contributed by atoms with E-state index in [1.807, 2.05) is 7.05 Å². The van der Waals surface area contributed by atoms with Crippen LogP contribution in [0.5, 0.6) is 0 Å². The van der Waals surface area contributed by atoms with Crippen LogP contribution in [-0.4, -0.2) is 87.1 Å². The third-order valence-corrected chi connectivity index (χ3v) is 6.34. The van der Waals surface area contributed by atoms with Gasteiger partial charge in [0.1, 0.15) is 0 Å². The van der Waals surface area contributed by atoms with Gasteiger partial charge < -0.3 is 20.0 Å². The standard InChI is InChI=1S/C21H43N5/c1-5-25-14-16-26(17-15-25)13-7-6-12-23-21(22-3)24(4)18-20-10-8-19(2)9-11-20/h19-20H,5-18H2,1-4H3,(H,22,23). The molecule has 0 aromatic rings. The van der Waals surface area contributed by atoms with Crippen molar-refractivity contribution in [2.45, 2.75) is 52.4 Å². The number of guanidine groups is 1. The minimum Gasteiger partial charge on any atom is -0.356 e. The molecule has 152 valence electrons. The van der Waals surface area contributed by atoms with Crippen LogP contribution in [-0.2, 0) is 0 Å². The van der Waals surface area contributed by atoms with E-state index in [2.05, 4.69) is 45.9 Å². The Morgan fingerprint density at radius 1 is 1.04 bits per heavy atom. The highest BCUT2D eigenvalue weighted by atomic mass is 15.3. The van der Waals surface area contributed by atoms with Crippen LogP contribution in [0.15, 0.2) is 4.99 Å². The molecule has 1 N–H and O–H groups in total. The summed E-state index contributed by atoms with van der Waals surface area (Å²) in [4.78, 5) is 12.0. The number of piperazine rings is 1. The van der Waals surface area contributed by atoms with E-state index in [1.165, 1.54) is 77.8 Å². The Morgan fingerprint density at radius 3 is 2.31 bits per heavy atom. The van der Waals surface area contributed by atoms with E-state index in [0.717, 1.165) is 30.9 Å². The molecule has 2 fully saturated rings. The minimum atomic E-state index is 0.844. The van der Waals surface area contributed by atoms with E-state index in [4.69, 9.17) is 0 Å². The second-order valence-electron chi connectivity index (χ2n) is 8.46. The summed E-state index contributed by atoms with van der Waals surface area (Å²) in [6.07, 6.45) is 8.07. The highest BCUT2D eigenvalue weighted by molar-refractivity contribution is 5.79. The van der Waals surface area contributed by atoms with E-state index in [-0.39, 0.29) is 0 Å². The van der Waals surface area contributed by atoms with E-state index in [1.54, 1.807) is 0 Å². The zero-order chi connectivity index (χ0) is 18.8. The highest BCUT2D eigenvalue weighted by Gasteiger charge is 2.20. The number of likely N-dealkylation sites (N-methyl/N-ethyl adjacent to an activating group) is 1. The van der Waals surface area contributed by atoms with Crippen molar-refractivity contribution >= 4 is 5.96 Å². The van der Waals surface area contributed by atoms with Crippen LogP contribution < -0.4 is 5.32 Å². The third kappa shape index (κ3) is 7.43. The number of hydrogen-bond acceptors (Lipinski definition) is 3. The van der Waals surface area contributed by atoms with Crippen LogP contribution in [0.3, 0.4) is 0 Å². The van der Waals surface area contributed by atoms with Gasteiger partial charge in [-0.15, -0.1) is 0 Å². The minimum absolute atomic E-state index is 0.844. The molecule has 0 unspecified atom stereocenters. The molecule has 0 bridgehead atoms. The van der Waals surface area contributed by atoms with Gasteiger partial charge in [0.05, 0.1) is 0 Å². The largest absolute Gasteiger partial charge is 0.356 e. The van der Waals surface area contributed by atoms with Crippen LogP contribution in [0, 0.1) is 11.8 Å². The number of aliphatic imine (C=N–C) groups is 1. The summed E-state index contributed by atoms with van der Waals surface area (Å²) >= 11 is 0. The average molecular weight is 366 g/mol. The second-order valence-corrected chi connectivity index (χ2v) is 8.46. The molecule has 5 nitrogen and oxygen atoms in total. The number of hydrogen-bond donors (Lipinski definition) is 1. The maximum Gasteiger partial charge on any atom is 0.193 e. The summed E-state index contributed by atoms with van der Waals surface area (Å²) < 4.78 is 0. The molecular weight excluding hydrogens is 322 g/mol. The van der Waals surface area contributed by atoms with E-state index >= 15 is 0 Å². The summed E-state index contributed by atoms with van der Waals surface area (Å²) in [6, 6.07) is 0. The Labute approximate surface area is 162 Å². The smallest absolute Gasteiger partial charge is 0.193 e. The summed E-state index contributed by atoms with van der Waals surface area (Å²) in [5.74, 6) is 2.84. The van der Waals surface area contributed by atoms with Crippen molar-refractivity contribution in [3.8, 4) is 0 Å². The zero-order valence-corrected chi connectivity index (χ0v) is 17.8. The van der Waals surface area contributed by atoms with Crippen molar-refractivity contribution in [3.63, 3.8) is 0 Å². The van der Waals surface area contributed by atoms with Crippen LogP contribution in [0.25, 0.3) is 0 Å². The molecule has 0 radical (unpaired) electrons. The molecule has 1 heterocycles. The van der Waals surface area contributed by atoms with Crippen LogP contribution in [0.1, 0.15) is 52.4 Å². The monoisotopic (exact) mass is 365 g/mol. The molecule has 1 saturated heterocycles. The Hall–Kier alpha value is -0.810. The first-order chi connectivity index (χ1) is 12.6. The fourth-order valence-electron chi connectivity index (χ4n) is 4.36. The van der Waals surface area contributed by atoms with Gasteiger partial charge in [0.2, 0.25) is 0 Å². The third-order valence-electron chi connectivity index (χ3n) is 6.34. The lowest BCUT2D eigenvalue weighted by Crippen LogP contribution is -2.46. The van der Waals surface area contributed by atoms with Gasteiger partial charge in [-0.2, -0.15) is 0 Å². The molecular formula is C21H43N5. The van der Waals surface area contributed by atoms with Gasteiger partial charge in [-0.1, -0.05) is 26.7 Å². The summed E-state index contributed by atoms with van der Waals surface area (Å²) in [6.45, 7) is 14.2. The molecule has 1 aliphatic heterocycles. The summed E-state index contributed by atoms with van der Waals surface area (Å²) in [5.41, 5.74) is 0. The Balaban J connectivity index is 1.55. The first kappa shape index (κ1) is 21.5. The van der Waals surface area contributed by atoms with Gasteiger partial charge in [0.15, 0.2) is 5.96 Å². The van der Waals surface area contributed by atoms with Crippen molar-refractivity contribution in [2.24, 2.45) is 16.8 Å². The molecule has 0 atom stereocenters. The summed E-state index contributed by atoms with van der Waals surface area (Å²) in [5, 5.41) is 3.57. The Morgan fingerprint density at radius 2 is 1.69 bits per heavy atom. The molecule has 0 spiro atoms. The molecule has 2 aliphatic rings. The molecule has 26 heavy (non-hydrogen) atoms. The predicted octanol–water partition coefficient (Wildman–Crippen LogP) is 2.74. The fourth-order valence-corrected chi connectivity index (χ4v) is 4.36. The zero-order valence-electron chi connectivity index (χ0n) is 17.8. The van der Waals surface area contributed by atoms with E-state index in [9.17, 15) is 0 Å². The van der Waals surface area contributed by atoms with Crippen LogP contribution in [0.2, 0.25) is 0 Å². The topological polar surface area (TPSA) is 34.1 Å². The van der Waals surface area contributed by atoms with Gasteiger partial charge in [-0.25, -0.2) is 0 Å². The van der Waals surface area contributed by atoms with Gasteiger partial charge in [-0.05, 0) is 50.6 Å². The number of rotatable bonds is 8. The van der Waals surface area contributed by atoms with Crippen LogP contribution >= 0.6 is 0 Å². The van der Waals surface area contributed by atoms with Gasteiger partial charge in [0.25, 0.3) is 0 Å². The van der Waals surface area contributed by atoms with Crippen molar-refractivity contribution in [1.82, 2.24) is 20.0 Å². The van der Waals surface area contributed by atoms with Crippen molar-refractivity contribution in [3.05, 3.63) is 0 Å². The lowest BCUT2D eigenvalue weighted by molar-refractivity contribution is 0.136. The molecule has 1 aliphatic carbocycles. The van der Waals surface area contributed by atoms with Gasteiger partial charge in [-0.3, -0.25) is 4.99 Å². The van der Waals surface area contributed by atoms with Crippen molar-refractivity contribution in [2.75, 3.05) is 66.5 Å². The number of nitrogens with one attached hydrogen (secondary N) is 1. The molecule has 0 aromatic carbocycles. The average Bonchev–Trinajstić information content (AvgIpc) is 2.67. The van der Waals surface area contributed by atoms with Gasteiger partial charge in [0, 0.05) is 53.4 Å². The SMILES string of the molecule is CCN1CCN(CCCCNC(=NC)N(C)CC2CCC(C)CC2)CC1. The maximum atomic E-state index is 4.49. The number of nitrogens with zero attached hydrogens (tertiary/aromatic N) is 4. The molecule has 0 aromatic heterocycles. The first-order valence-electron chi connectivity index (χ1n) is 11.0. The van der Waals surface area contributed by atoms with Crippen LogP contribution in [0.4, 0.5) is 0 Å².